The number of carbonyl (C=O) groups excluding carboxylic acids is 1. The molecule has 32 heavy (non-hydrogen) atoms. The first-order chi connectivity index (χ1) is 15.3. The first-order valence-electron chi connectivity index (χ1n) is 10.0. The van der Waals surface area contributed by atoms with E-state index in [9.17, 15) is 23.2 Å². The van der Waals surface area contributed by atoms with E-state index in [1.54, 1.807) is 6.20 Å². The lowest BCUT2D eigenvalue weighted by Crippen LogP contribution is -2.38. The molecule has 1 aromatic heterocycles. The van der Waals surface area contributed by atoms with E-state index in [1.165, 1.54) is 18.2 Å². The number of piperidine rings is 1. The number of fused-ring (bicyclic) bond motifs is 1. The molecule has 1 saturated heterocycles. The quantitative estimate of drug-likeness (QED) is 0.627. The Morgan fingerprint density at radius 1 is 1.16 bits per heavy atom. The number of hydrogen-bond acceptors (Lipinski definition) is 5. The van der Waals surface area contributed by atoms with Gasteiger partial charge >= 0.3 is 6.36 Å². The molecule has 0 unspecified atom stereocenters. The van der Waals surface area contributed by atoms with Crippen molar-refractivity contribution in [2.24, 2.45) is 5.92 Å². The zero-order valence-electron chi connectivity index (χ0n) is 16.9. The predicted octanol–water partition coefficient (Wildman–Crippen LogP) is 4.86. The number of nitrogens with one attached hydrogen (secondary N) is 1. The molecule has 164 valence electrons. The molecule has 2 heterocycles. The summed E-state index contributed by atoms with van der Waals surface area (Å²) < 4.78 is 41.1. The number of ether oxygens (including phenoxy) is 1. The number of benzene rings is 2. The van der Waals surface area contributed by atoms with Gasteiger partial charge in [-0.15, -0.1) is 13.2 Å². The zero-order chi connectivity index (χ0) is 22.7. The summed E-state index contributed by atoms with van der Waals surface area (Å²) in [5.74, 6) is -0.940. The van der Waals surface area contributed by atoms with E-state index in [-0.39, 0.29) is 17.5 Å². The van der Waals surface area contributed by atoms with E-state index < -0.39 is 12.1 Å². The van der Waals surface area contributed by atoms with E-state index in [2.05, 4.69) is 26.0 Å². The molecule has 0 radical (unpaired) electrons. The normalized spacial score (nSPS) is 14.8. The van der Waals surface area contributed by atoms with Gasteiger partial charge in [0, 0.05) is 42.3 Å². The number of para-hydroxylation sites is 1. The Hall–Kier alpha value is -3.80. The Labute approximate surface area is 182 Å². The number of amides is 1. The summed E-state index contributed by atoms with van der Waals surface area (Å²) in [4.78, 5) is 19.1. The number of pyridine rings is 1. The molecule has 9 heteroatoms. The van der Waals surface area contributed by atoms with E-state index in [0.717, 1.165) is 22.7 Å². The molecule has 2 aromatic carbocycles. The molecule has 1 aliphatic rings. The zero-order valence-corrected chi connectivity index (χ0v) is 16.9. The largest absolute Gasteiger partial charge is 0.573 e. The van der Waals surface area contributed by atoms with Crippen LogP contribution in [0.25, 0.3) is 10.9 Å². The molecule has 1 N–H and O–H groups in total. The van der Waals surface area contributed by atoms with Crippen molar-refractivity contribution in [3.63, 3.8) is 0 Å². The number of hydrogen-bond donors (Lipinski definition) is 1. The van der Waals surface area contributed by atoms with Gasteiger partial charge in [0.1, 0.15) is 11.8 Å². The average molecular weight is 440 g/mol. The van der Waals surface area contributed by atoms with Gasteiger partial charge in [-0.3, -0.25) is 9.78 Å². The summed E-state index contributed by atoms with van der Waals surface area (Å²) in [6.45, 7) is 1.13. The van der Waals surface area contributed by atoms with Crippen molar-refractivity contribution < 1.29 is 22.7 Å². The fraction of sp³-hybridized carbons (Fsp3) is 0.261. The average Bonchev–Trinajstić information content (AvgIpc) is 2.77. The van der Waals surface area contributed by atoms with Crippen LogP contribution in [-0.4, -0.2) is 30.3 Å². The molecule has 4 rings (SSSR count). The van der Waals surface area contributed by atoms with Gasteiger partial charge in [-0.2, -0.15) is 5.26 Å². The first kappa shape index (κ1) is 21.4. The highest BCUT2D eigenvalue weighted by atomic mass is 19.4. The molecule has 1 amide bonds. The first-order valence-corrected chi connectivity index (χ1v) is 10.0. The van der Waals surface area contributed by atoms with Crippen LogP contribution in [-0.2, 0) is 4.79 Å². The van der Waals surface area contributed by atoms with E-state index in [4.69, 9.17) is 0 Å². The van der Waals surface area contributed by atoms with E-state index in [1.807, 2.05) is 24.3 Å². The number of nitriles is 1. The highest BCUT2D eigenvalue weighted by molar-refractivity contribution is 5.95. The van der Waals surface area contributed by atoms with Crippen LogP contribution in [0, 0.1) is 17.2 Å². The molecule has 0 spiro atoms. The topological polar surface area (TPSA) is 78.2 Å². The molecular weight excluding hydrogens is 421 g/mol. The molecule has 0 bridgehead atoms. The monoisotopic (exact) mass is 440 g/mol. The van der Waals surface area contributed by atoms with Crippen LogP contribution in [0.1, 0.15) is 18.4 Å². The van der Waals surface area contributed by atoms with Crippen molar-refractivity contribution >= 4 is 28.2 Å². The second-order valence-electron chi connectivity index (χ2n) is 7.48. The highest BCUT2D eigenvalue weighted by Gasteiger charge is 2.31. The van der Waals surface area contributed by atoms with Gasteiger partial charge in [0.15, 0.2) is 0 Å². The van der Waals surface area contributed by atoms with Gasteiger partial charge in [0.05, 0.1) is 16.8 Å². The Morgan fingerprint density at radius 3 is 2.62 bits per heavy atom. The van der Waals surface area contributed by atoms with Gasteiger partial charge in [-0.05, 0) is 31.0 Å². The van der Waals surface area contributed by atoms with Crippen molar-refractivity contribution in [1.82, 2.24) is 4.98 Å². The molecule has 0 aliphatic carbocycles. The summed E-state index contributed by atoms with van der Waals surface area (Å²) in [6, 6.07) is 15.0. The lowest BCUT2D eigenvalue weighted by molar-refractivity contribution is -0.274. The Morgan fingerprint density at radius 2 is 1.91 bits per heavy atom. The maximum atomic E-state index is 12.7. The minimum Gasteiger partial charge on any atom is -0.406 e. The van der Waals surface area contributed by atoms with Crippen LogP contribution in [0.4, 0.5) is 24.5 Å². The van der Waals surface area contributed by atoms with Crippen LogP contribution in [0.15, 0.2) is 54.7 Å². The second kappa shape index (κ2) is 8.75. The van der Waals surface area contributed by atoms with Crippen molar-refractivity contribution in [2.75, 3.05) is 23.3 Å². The SMILES string of the molecule is N#Cc1cnc2ccccc2c1N1CCC(C(=O)Nc2cccc(OC(F)(F)F)c2)CC1. The number of halogens is 3. The fourth-order valence-corrected chi connectivity index (χ4v) is 3.93. The number of anilines is 2. The summed E-state index contributed by atoms with van der Waals surface area (Å²) >= 11 is 0. The molecule has 1 fully saturated rings. The minimum atomic E-state index is -4.80. The maximum Gasteiger partial charge on any atom is 0.573 e. The van der Waals surface area contributed by atoms with Gasteiger partial charge in [-0.25, -0.2) is 0 Å². The van der Waals surface area contributed by atoms with Crippen LogP contribution in [0.2, 0.25) is 0 Å². The second-order valence-corrected chi connectivity index (χ2v) is 7.48. The molecular formula is C23H19F3N4O2. The van der Waals surface area contributed by atoms with Crippen LogP contribution in [0.3, 0.4) is 0 Å². The summed E-state index contributed by atoms with van der Waals surface area (Å²) in [6.07, 6.45) is -2.14. The van der Waals surface area contributed by atoms with Crippen molar-refractivity contribution in [1.29, 1.82) is 5.26 Å². The smallest absolute Gasteiger partial charge is 0.406 e. The molecule has 3 aromatic rings. The predicted molar refractivity (Wildman–Crippen MR) is 113 cm³/mol. The van der Waals surface area contributed by atoms with Crippen molar-refractivity contribution in [2.45, 2.75) is 19.2 Å². The number of rotatable bonds is 4. The fourth-order valence-electron chi connectivity index (χ4n) is 3.93. The lowest BCUT2D eigenvalue weighted by atomic mass is 9.94. The number of carbonyl (C=O) groups is 1. The summed E-state index contributed by atoms with van der Waals surface area (Å²) in [5, 5.41) is 13.1. The third-order valence-corrected chi connectivity index (χ3v) is 5.38. The van der Waals surface area contributed by atoms with E-state index >= 15 is 0 Å². The Balaban J connectivity index is 1.44. The Bertz CT molecular complexity index is 1180. The third kappa shape index (κ3) is 4.75. The Kier molecular flexibility index (Phi) is 5.86. The number of alkyl halides is 3. The highest BCUT2D eigenvalue weighted by Crippen LogP contribution is 2.33. The van der Waals surface area contributed by atoms with Crippen LogP contribution in [0.5, 0.6) is 5.75 Å². The van der Waals surface area contributed by atoms with Crippen molar-refractivity contribution in [3.8, 4) is 11.8 Å². The molecule has 1 aliphatic heterocycles. The minimum absolute atomic E-state index is 0.242. The lowest BCUT2D eigenvalue weighted by Gasteiger charge is -2.34. The van der Waals surface area contributed by atoms with E-state index in [0.29, 0.717) is 31.5 Å². The molecule has 0 atom stereocenters. The summed E-state index contributed by atoms with van der Waals surface area (Å²) in [7, 11) is 0. The van der Waals surface area contributed by atoms with Gasteiger partial charge in [-0.1, -0.05) is 24.3 Å². The summed E-state index contributed by atoms with van der Waals surface area (Å²) in [5.41, 5.74) is 2.33. The van der Waals surface area contributed by atoms with Crippen molar-refractivity contribution in [3.05, 3.63) is 60.3 Å². The number of aromatic nitrogens is 1. The van der Waals surface area contributed by atoms with Gasteiger partial charge < -0.3 is 15.0 Å². The van der Waals surface area contributed by atoms with Gasteiger partial charge in [0.2, 0.25) is 5.91 Å². The standard InChI is InChI=1S/C23H19F3N4O2/c24-23(25,26)32-18-5-3-4-17(12-18)29-22(31)15-8-10-30(11-9-15)21-16(13-27)14-28-20-7-2-1-6-19(20)21/h1-7,12,14-15H,8-11H2,(H,29,31). The third-order valence-electron chi connectivity index (χ3n) is 5.38. The number of nitrogens with zero attached hydrogens (tertiary/aromatic N) is 3. The maximum absolute atomic E-state index is 12.7. The molecule has 0 saturated carbocycles. The van der Waals surface area contributed by atoms with Gasteiger partial charge in [0.25, 0.3) is 0 Å². The van der Waals surface area contributed by atoms with Crippen LogP contribution < -0.4 is 15.0 Å². The van der Waals surface area contributed by atoms with Crippen LogP contribution >= 0.6 is 0 Å². The molecule has 6 nitrogen and oxygen atoms in total.